The Balaban J connectivity index is 0.00000341. The maximum Gasteiger partial charge on any atom is 0.244 e. The molecule has 3 rings (SSSR count). The summed E-state index contributed by atoms with van der Waals surface area (Å²) in [5.74, 6) is 0.354. The van der Waals surface area contributed by atoms with E-state index in [9.17, 15) is 8.42 Å². The lowest BCUT2D eigenvalue weighted by Crippen LogP contribution is -2.25. The molecule has 0 radical (unpaired) electrons. The number of aromatic nitrogens is 2. The molecule has 31 heavy (non-hydrogen) atoms. The van der Waals surface area contributed by atoms with Gasteiger partial charge in [0, 0.05) is 36.4 Å². The van der Waals surface area contributed by atoms with Crippen molar-refractivity contribution in [3.05, 3.63) is 53.7 Å². The predicted molar refractivity (Wildman–Crippen MR) is 127 cm³/mol. The highest BCUT2D eigenvalue weighted by molar-refractivity contribution is 7.89. The van der Waals surface area contributed by atoms with Crippen LogP contribution in [0.2, 0.25) is 0 Å². The average Bonchev–Trinajstić information content (AvgIpc) is 3.22. The average molecular weight is 463 g/mol. The van der Waals surface area contributed by atoms with Crippen LogP contribution in [0, 0.1) is 6.92 Å². The minimum absolute atomic E-state index is 0. The quantitative estimate of drug-likeness (QED) is 0.401. The van der Waals surface area contributed by atoms with Gasteiger partial charge in [-0.25, -0.2) is 18.1 Å². The van der Waals surface area contributed by atoms with Crippen molar-refractivity contribution in [2.75, 3.05) is 25.5 Å². The van der Waals surface area contributed by atoms with Crippen LogP contribution in [0.4, 0.5) is 5.13 Å². The Morgan fingerprint density at radius 2 is 1.81 bits per heavy atom. The SMILES string of the molecule is C.COc1ccc(C)cc1S(=O)(=O)NCCCCCNc1nc(-c2ccncc2)cs1. The molecule has 2 heterocycles. The van der Waals surface area contributed by atoms with Crippen molar-refractivity contribution in [1.29, 1.82) is 0 Å². The molecule has 1 aromatic carbocycles. The molecule has 2 aromatic heterocycles. The van der Waals surface area contributed by atoms with E-state index in [0.717, 1.165) is 47.8 Å². The summed E-state index contributed by atoms with van der Waals surface area (Å²) < 4.78 is 32.9. The van der Waals surface area contributed by atoms with Crippen molar-refractivity contribution in [2.45, 2.75) is 38.5 Å². The summed E-state index contributed by atoms with van der Waals surface area (Å²) in [5.41, 5.74) is 2.86. The maximum atomic E-state index is 12.5. The number of hydrogen-bond acceptors (Lipinski definition) is 7. The van der Waals surface area contributed by atoms with Gasteiger partial charge in [0.2, 0.25) is 10.0 Å². The van der Waals surface area contributed by atoms with Crippen molar-refractivity contribution in [3.63, 3.8) is 0 Å². The number of methoxy groups -OCH3 is 1. The van der Waals surface area contributed by atoms with Gasteiger partial charge in [0.25, 0.3) is 0 Å². The highest BCUT2D eigenvalue weighted by Crippen LogP contribution is 2.25. The minimum atomic E-state index is -3.59. The summed E-state index contributed by atoms with van der Waals surface area (Å²) >= 11 is 1.57. The second-order valence-electron chi connectivity index (χ2n) is 6.81. The van der Waals surface area contributed by atoms with Gasteiger partial charge in [-0.05, 0) is 49.6 Å². The molecule has 0 saturated carbocycles. The first-order valence-electron chi connectivity index (χ1n) is 9.74. The van der Waals surface area contributed by atoms with Crippen LogP contribution in [0.25, 0.3) is 11.3 Å². The number of ether oxygens (including phenoxy) is 1. The fraction of sp³-hybridized carbons (Fsp3) is 0.364. The van der Waals surface area contributed by atoms with Gasteiger partial charge < -0.3 is 10.1 Å². The second-order valence-corrected chi connectivity index (χ2v) is 9.41. The fourth-order valence-corrected chi connectivity index (χ4v) is 4.98. The molecule has 0 amide bonds. The van der Waals surface area contributed by atoms with Crippen LogP contribution in [0.1, 0.15) is 32.3 Å². The molecule has 3 aromatic rings. The lowest BCUT2D eigenvalue weighted by molar-refractivity contribution is 0.402. The first kappa shape index (κ1) is 24.8. The molecule has 0 aliphatic rings. The highest BCUT2D eigenvalue weighted by Gasteiger charge is 2.18. The smallest absolute Gasteiger partial charge is 0.244 e. The van der Waals surface area contributed by atoms with Gasteiger partial charge in [0.15, 0.2) is 5.13 Å². The molecule has 168 valence electrons. The molecule has 0 saturated heterocycles. The third kappa shape index (κ3) is 7.02. The summed E-state index contributed by atoms with van der Waals surface area (Å²) in [6.45, 7) is 3.04. The van der Waals surface area contributed by atoms with Gasteiger partial charge in [0.1, 0.15) is 10.6 Å². The van der Waals surface area contributed by atoms with E-state index in [-0.39, 0.29) is 12.3 Å². The monoisotopic (exact) mass is 462 g/mol. The van der Waals surface area contributed by atoms with Gasteiger partial charge in [-0.1, -0.05) is 19.9 Å². The number of thiazole rings is 1. The van der Waals surface area contributed by atoms with E-state index in [1.54, 1.807) is 35.9 Å². The first-order valence-corrected chi connectivity index (χ1v) is 12.1. The molecule has 7 nitrogen and oxygen atoms in total. The lowest BCUT2D eigenvalue weighted by Gasteiger charge is -2.11. The topological polar surface area (TPSA) is 93.2 Å². The van der Waals surface area contributed by atoms with E-state index >= 15 is 0 Å². The Kier molecular flexibility index (Phi) is 9.42. The molecule has 0 bridgehead atoms. The van der Waals surface area contributed by atoms with Gasteiger partial charge in [-0.2, -0.15) is 0 Å². The molecule has 0 aliphatic carbocycles. The third-order valence-electron chi connectivity index (χ3n) is 4.51. The van der Waals surface area contributed by atoms with E-state index in [1.165, 1.54) is 7.11 Å². The van der Waals surface area contributed by atoms with Crippen LogP contribution >= 0.6 is 11.3 Å². The van der Waals surface area contributed by atoms with Gasteiger partial charge >= 0.3 is 0 Å². The van der Waals surface area contributed by atoms with E-state index in [4.69, 9.17) is 4.74 Å². The van der Waals surface area contributed by atoms with E-state index in [2.05, 4.69) is 20.0 Å². The number of nitrogens with one attached hydrogen (secondary N) is 2. The number of anilines is 1. The summed E-state index contributed by atoms with van der Waals surface area (Å²) in [7, 11) is -2.12. The van der Waals surface area contributed by atoms with Crippen molar-refractivity contribution in [3.8, 4) is 17.0 Å². The number of sulfonamides is 1. The lowest BCUT2D eigenvalue weighted by atomic mass is 10.2. The summed E-state index contributed by atoms with van der Waals surface area (Å²) in [6.07, 6.45) is 6.11. The Hall–Kier alpha value is -2.49. The predicted octanol–water partition coefficient (Wildman–Crippen LogP) is 4.72. The normalized spacial score (nSPS) is 11.0. The number of rotatable bonds is 11. The highest BCUT2D eigenvalue weighted by atomic mass is 32.2. The third-order valence-corrected chi connectivity index (χ3v) is 6.79. The summed E-state index contributed by atoms with van der Waals surface area (Å²) in [5, 5.41) is 6.23. The Morgan fingerprint density at radius 3 is 2.55 bits per heavy atom. The molecule has 0 fully saturated rings. The van der Waals surface area contributed by atoms with Crippen LogP contribution < -0.4 is 14.8 Å². The number of aryl methyl sites for hydroxylation is 1. The zero-order valence-electron chi connectivity index (χ0n) is 17.1. The van der Waals surface area contributed by atoms with Crippen LogP contribution in [0.15, 0.2) is 53.0 Å². The second kappa shape index (κ2) is 11.8. The molecule has 0 spiro atoms. The number of nitrogens with zero attached hydrogens (tertiary/aromatic N) is 2. The number of benzene rings is 1. The minimum Gasteiger partial charge on any atom is -0.495 e. The number of hydrogen-bond donors (Lipinski definition) is 2. The fourth-order valence-electron chi connectivity index (χ4n) is 2.91. The number of unbranched alkanes of at least 4 members (excludes halogenated alkanes) is 2. The Morgan fingerprint density at radius 1 is 1.06 bits per heavy atom. The molecule has 0 atom stereocenters. The molecular formula is C22H30N4O3S2. The van der Waals surface area contributed by atoms with Gasteiger partial charge in [-0.15, -0.1) is 11.3 Å². The zero-order valence-corrected chi connectivity index (χ0v) is 18.7. The molecule has 9 heteroatoms. The standard InChI is InChI=1S/C21H26N4O3S2.CH4/c1-16-6-7-19(28-2)20(14-16)30(26,27)24-11-5-3-4-10-23-21-25-18(15-29-21)17-8-12-22-13-9-17;/h6-9,12-15,24H,3-5,10-11H2,1-2H3,(H,23,25);1H4. The number of pyridine rings is 1. The van der Waals surface area contributed by atoms with Crippen LogP contribution in [0.5, 0.6) is 5.75 Å². The maximum absolute atomic E-state index is 12.5. The Bertz CT molecular complexity index is 1050. The van der Waals surface area contributed by atoms with Crippen molar-refractivity contribution < 1.29 is 13.2 Å². The zero-order chi connectivity index (χ0) is 21.4. The van der Waals surface area contributed by atoms with Crippen LogP contribution in [-0.4, -0.2) is 38.6 Å². The van der Waals surface area contributed by atoms with E-state index < -0.39 is 10.0 Å². The largest absolute Gasteiger partial charge is 0.495 e. The van der Waals surface area contributed by atoms with E-state index in [0.29, 0.717) is 12.3 Å². The summed E-state index contributed by atoms with van der Waals surface area (Å²) in [4.78, 5) is 8.78. The van der Waals surface area contributed by atoms with Crippen molar-refractivity contribution in [2.24, 2.45) is 0 Å². The van der Waals surface area contributed by atoms with E-state index in [1.807, 2.05) is 30.5 Å². The molecular weight excluding hydrogens is 432 g/mol. The van der Waals surface area contributed by atoms with Gasteiger partial charge in [0.05, 0.1) is 12.8 Å². The summed E-state index contributed by atoms with van der Waals surface area (Å²) in [6, 6.07) is 9.00. The van der Waals surface area contributed by atoms with Crippen LogP contribution in [0.3, 0.4) is 0 Å². The van der Waals surface area contributed by atoms with Crippen molar-refractivity contribution in [1.82, 2.24) is 14.7 Å². The first-order chi connectivity index (χ1) is 14.5. The van der Waals surface area contributed by atoms with Gasteiger partial charge in [-0.3, -0.25) is 4.98 Å². The molecule has 2 N–H and O–H groups in total. The molecule has 0 unspecified atom stereocenters. The van der Waals surface area contributed by atoms with Crippen LogP contribution in [-0.2, 0) is 10.0 Å². The Labute approximate surface area is 189 Å². The van der Waals surface area contributed by atoms with Crippen molar-refractivity contribution >= 4 is 26.5 Å². The molecule has 0 aliphatic heterocycles.